The first-order valence-corrected chi connectivity index (χ1v) is 6.60. The number of nitrogens with zero attached hydrogens (tertiary/aromatic N) is 1. The molecule has 6 heteroatoms. The number of phenolic OH excluding ortho intramolecular Hbond substituents is 3. The van der Waals surface area contributed by atoms with Gasteiger partial charge in [0.1, 0.15) is 0 Å². The Balaban J connectivity index is 2.83. The molecule has 0 heterocycles. The van der Waals surface area contributed by atoms with Gasteiger partial charge in [-0.2, -0.15) is 5.10 Å². The van der Waals surface area contributed by atoms with E-state index in [0.29, 0.717) is 0 Å². The monoisotopic (exact) mass is 280 g/mol. The molecule has 0 aromatic heterocycles. The van der Waals surface area contributed by atoms with Gasteiger partial charge in [-0.05, 0) is 25.0 Å². The molecule has 110 valence electrons. The van der Waals surface area contributed by atoms with Crippen LogP contribution in [-0.4, -0.2) is 26.9 Å². The van der Waals surface area contributed by atoms with Crippen molar-refractivity contribution in [3.63, 3.8) is 0 Å². The first kappa shape index (κ1) is 15.8. The Morgan fingerprint density at radius 2 is 1.60 bits per heavy atom. The molecular weight excluding hydrogens is 260 g/mol. The van der Waals surface area contributed by atoms with Gasteiger partial charge >= 0.3 is 0 Å². The van der Waals surface area contributed by atoms with Gasteiger partial charge in [-0.3, -0.25) is 4.79 Å². The summed E-state index contributed by atoms with van der Waals surface area (Å²) in [5, 5.41) is 32.0. The lowest BCUT2D eigenvalue weighted by molar-refractivity contribution is 0.0953. The van der Waals surface area contributed by atoms with Crippen LogP contribution in [0.5, 0.6) is 17.2 Å². The summed E-state index contributed by atoms with van der Waals surface area (Å²) in [6.07, 6.45) is 3.49. The fourth-order valence-electron chi connectivity index (χ4n) is 1.74. The van der Waals surface area contributed by atoms with Crippen molar-refractivity contribution in [3.8, 4) is 17.2 Å². The van der Waals surface area contributed by atoms with Crippen LogP contribution in [0.3, 0.4) is 0 Å². The van der Waals surface area contributed by atoms with E-state index in [9.17, 15) is 20.1 Å². The minimum absolute atomic E-state index is 0.0221. The number of benzene rings is 1. The maximum atomic E-state index is 11.9. The summed E-state index contributed by atoms with van der Waals surface area (Å²) >= 11 is 0. The summed E-state index contributed by atoms with van der Waals surface area (Å²) < 4.78 is 0. The van der Waals surface area contributed by atoms with Crippen LogP contribution in [0.4, 0.5) is 0 Å². The van der Waals surface area contributed by atoms with E-state index < -0.39 is 23.2 Å². The van der Waals surface area contributed by atoms with E-state index in [1.54, 1.807) is 0 Å². The molecule has 0 bridgehead atoms. The van der Waals surface area contributed by atoms with E-state index in [-0.39, 0.29) is 5.56 Å². The maximum Gasteiger partial charge on any atom is 0.271 e. The lowest BCUT2D eigenvalue weighted by Crippen LogP contribution is -2.19. The van der Waals surface area contributed by atoms with E-state index in [0.717, 1.165) is 43.5 Å². The van der Waals surface area contributed by atoms with Crippen LogP contribution in [-0.2, 0) is 0 Å². The van der Waals surface area contributed by atoms with Crippen LogP contribution in [0.1, 0.15) is 49.9 Å². The van der Waals surface area contributed by atoms with E-state index in [4.69, 9.17) is 0 Å². The zero-order chi connectivity index (χ0) is 15.1. The number of hydrogen-bond donors (Lipinski definition) is 4. The third kappa shape index (κ3) is 4.15. The fraction of sp³-hybridized carbons (Fsp3) is 0.429. The number of phenols is 3. The molecule has 0 saturated heterocycles. The number of amides is 1. The van der Waals surface area contributed by atoms with Gasteiger partial charge in [0, 0.05) is 11.3 Å². The summed E-state index contributed by atoms with van der Waals surface area (Å²) in [4.78, 5) is 11.9. The summed E-state index contributed by atoms with van der Waals surface area (Å²) in [5.74, 6) is -2.31. The van der Waals surface area contributed by atoms with Crippen molar-refractivity contribution in [2.24, 2.45) is 5.10 Å². The molecule has 1 aromatic carbocycles. The molecule has 0 aliphatic carbocycles. The average molecular weight is 280 g/mol. The second kappa shape index (κ2) is 7.37. The number of hydrazone groups is 1. The van der Waals surface area contributed by atoms with Gasteiger partial charge in [-0.15, -0.1) is 0 Å². The number of nitrogens with one attached hydrogen (secondary N) is 1. The average Bonchev–Trinajstić information content (AvgIpc) is 2.41. The molecule has 1 amide bonds. The highest BCUT2D eigenvalue weighted by atomic mass is 16.3. The molecule has 0 radical (unpaired) electrons. The van der Waals surface area contributed by atoms with Crippen molar-refractivity contribution < 1.29 is 20.1 Å². The molecule has 0 atom stereocenters. The molecule has 1 aromatic rings. The second-order valence-electron chi connectivity index (χ2n) is 4.48. The third-order valence-corrected chi connectivity index (χ3v) is 2.72. The highest BCUT2D eigenvalue weighted by molar-refractivity contribution is 5.96. The lowest BCUT2D eigenvalue weighted by atomic mass is 10.1. The van der Waals surface area contributed by atoms with Gasteiger partial charge in [0.2, 0.25) is 0 Å². The minimum atomic E-state index is -0.650. The van der Waals surface area contributed by atoms with Gasteiger partial charge in [0.05, 0.1) is 0 Å². The van der Waals surface area contributed by atoms with Crippen LogP contribution in [0, 0.1) is 0 Å². The Hall–Kier alpha value is -2.24. The second-order valence-corrected chi connectivity index (χ2v) is 4.48. The van der Waals surface area contributed by atoms with Gasteiger partial charge < -0.3 is 15.3 Å². The quantitative estimate of drug-likeness (QED) is 0.365. The van der Waals surface area contributed by atoms with E-state index in [1.165, 1.54) is 0 Å². The zero-order valence-corrected chi connectivity index (χ0v) is 11.7. The van der Waals surface area contributed by atoms with Crippen molar-refractivity contribution in [2.45, 2.75) is 39.5 Å². The van der Waals surface area contributed by atoms with Crippen LogP contribution in [0.25, 0.3) is 0 Å². The number of carbonyl (C=O) groups excluding carboxylic acids is 1. The van der Waals surface area contributed by atoms with E-state index in [2.05, 4.69) is 10.5 Å². The van der Waals surface area contributed by atoms with Crippen molar-refractivity contribution in [1.82, 2.24) is 5.43 Å². The zero-order valence-electron chi connectivity index (χ0n) is 11.7. The largest absolute Gasteiger partial charge is 0.504 e. The van der Waals surface area contributed by atoms with Gasteiger partial charge in [-0.1, -0.05) is 26.7 Å². The molecule has 0 aliphatic heterocycles. The standard InChI is InChI=1S/C14H20N2O4/c1-3-5-10(6-4-2)15-16-14(20)9-7-11(17)13(19)12(18)8-9/h7-8,17-19H,3-6H2,1-2H3,(H,16,20). The predicted molar refractivity (Wildman–Crippen MR) is 76.2 cm³/mol. The Bertz CT molecular complexity index is 481. The molecule has 0 fully saturated rings. The molecule has 6 nitrogen and oxygen atoms in total. The van der Waals surface area contributed by atoms with Gasteiger partial charge in [-0.25, -0.2) is 5.43 Å². The Kier molecular flexibility index (Phi) is 5.83. The molecule has 1 rings (SSSR count). The van der Waals surface area contributed by atoms with Crippen molar-refractivity contribution in [2.75, 3.05) is 0 Å². The highest BCUT2D eigenvalue weighted by Crippen LogP contribution is 2.35. The van der Waals surface area contributed by atoms with Crippen LogP contribution in [0.2, 0.25) is 0 Å². The third-order valence-electron chi connectivity index (χ3n) is 2.72. The van der Waals surface area contributed by atoms with Crippen molar-refractivity contribution >= 4 is 11.6 Å². The number of rotatable bonds is 6. The number of carbonyl (C=O) groups is 1. The Morgan fingerprint density at radius 3 is 2.05 bits per heavy atom. The molecule has 4 N–H and O–H groups in total. The molecule has 20 heavy (non-hydrogen) atoms. The van der Waals surface area contributed by atoms with E-state index in [1.807, 2.05) is 13.8 Å². The number of aromatic hydroxyl groups is 3. The molecule has 0 unspecified atom stereocenters. The SMILES string of the molecule is CCCC(CCC)=NNC(=O)c1cc(O)c(O)c(O)c1. The first-order valence-electron chi connectivity index (χ1n) is 6.60. The van der Waals surface area contributed by atoms with Gasteiger partial charge in [0.25, 0.3) is 5.91 Å². The lowest BCUT2D eigenvalue weighted by Gasteiger charge is -2.07. The molecule has 0 spiro atoms. The van der Waals surface area contributed by atoms with Crippen LogP contribution < -0.4 is 5.43 Å². The minimum Gasteiger partial charge on any atom is -0.504 e. The summed E-state index contributed by atoms with van der Waals surface area (Å²) in [5.41, 5.74) is 3.31. The summed E-state index contributed by atoms with van der Waals surface area (Å²) in [7, 11) is 0. The predicted octanol–water partition coefficient (Wildman–Crippen LogP) is 2.49. The fourth-order valence-corrected chi connectivity index (χ4v) is 1.74. The molecule has 0 saturated carbocycles. The smallest absolute Gasteiger partial charge is 0.271 e. The van der Waals surface area contributed by atoms with Crippen molar-refractivity contribution in [1.29, 1.82) is 0 Å². The molecule has 0 aliphatic rings. The normalized spacial score (nSPS) is 10.1. The molecular formula is C14H20N2O4. The maximum absolute atomic E-state index is 11.9. The van der Waals surface area contributed by atoms with Crippen LogP contribution in [0.15, 0.2) is 17.2 Å². The number of hydrogen-bond acceptors (Lipinski definition) is 5. The topological polar surface area (TPSA) is 102 Å². The summed E-state index contributed by atoms with van der Waals surface area (Å²) in [6.45, 7) is 4.06. The Morgan fingerprint density at radius 1 is 1.10 bits per heavy atom. The highest BCUT2D eigenvalue weighted by Gasteiger charge is 2.13. The Labute approximate surface area is 117 Å². The van der Waals surface area contributed by atoms with Gasteiger partial charge in [0.15, 0.2) is 17.2 Å². The van der Waals surface area contributed by atoms with Crippen LogP contribution >= 0.6 is 0 Å². The van der Waals surface area contributed by atoms with E-state index >= 15 is 0 Å². The summed E-state index contributed by atoms with van der Waals surface area (Å²) in [6, 6.07) is 2.14. The first-order chi connectivity index (χ1) is 9.49. The van der Waals surface area contributed by atoms with Crippen molar-refractivity contribution in [3.05, 3.63) is 17.7 Å².